The maximum atomic E-state index is 2.48. The van der Waals surface area contributed by atoms with Gasteiger partial charge < -0.3 is 14.4 Å². The Morgan fingerprint density at radius 3 is 1.54 bits per heavy atom. The Labute approximate surface area is 281 Å². The predicted octanol–water partition coefficient (Wildman–Crippen LogP) is 9.48. The van der Waals surface area contributed by atoms with Crippen LogP contribution in [-0.4, -0.2) is 11.3 Å². The lowest BCUT2D eigenvalue weighted by molar-refractivity contribution is 1.17. The highest BCUT2D eigenvalue weighted by molar-refractivity contribution is 7.00. The Morgan fingerprint density at radius 1 is 0.396 bits per heavy atom. The summed E-state index contributed by atoms with van der Waals surface area (Å²) >= 11 is 0. The normalized spacial score (nSPS) is 13.1. The fourth-order valence-corrected chi connectivity index (χ4v) is 8.25. The second kappa shape index (κ2) is 10.3. The summed E-state index contributed by atoms with van der Waals surface area (Å²) in [7, 11) is 0. The molecule has 0 unspecified atom stereocenters. The number of rotatable bonds is 3. The Hall–Kier alpha value is -6.00. The van der Waals surface area contributed by atoms with Crippen molar-refractivity contribution < 1.29 is 0 Å². The van der Waals surface area contributed by atoms with E-state index in [-0.39, 0.29) is 6.71 Å². The molecule has 0 atom stereocenters. The second-order valence-electron chi connectivity index (χ2n) is 13.2. The topological polar surface area (TPSA) is 11.4 Å². The van der Waals surface area contributed by atoms with Crippen molar-refractivity contribution in [3.05, 3.63) is 169 Å². The summed E-state index contributed by atoms with van der Waals surface area (Å²) in [6, 6.07) is 58.2. The van der Waals surface area contributed by atoms with Crippen molar-refractivity contribution in [1.82, 2.24) is 4.57 Å². The lowest BCUT2D eigenvalue weighted by atomic mass is 9.33. The minimum Gasteiger partial charge on any atom is -0.311 e. The molecule has 0 fully saturated rings. The zero-order valence-electron chi connectivity index (χ0n) is 26.9. The van der Waals surface area contributed by atoms with Crippen LogP contribution in [0.1, 0.15) is 11.1 Å². The van der Waals surface area contributed by atoms with Gasteiger partial charge in [-0.1, -0.05) is 90.0 Å². The molecule has 0 radical (unpaired) electrons. The second-order valence-corrected chi connectivity index (χ2v) is 13.2. The maximum Gasteiger partial charge on any atom is 0.252 e. The summed E-state index contributed by atoms with van der Waals surface area (Å²) in [4.78, 5) is 4.92. The molecule has 0 bridgehead atoms. The number of aromatic nitrogens is 1. The molecule has 0 spiro atoms. The van der Waals surface area contributed by atoms with Crippen molar-refractivity contribution in [2.24, 2.45) is 0 Å². The van der Waals surface area contributed by atoms with Crippen LogP contribution in [0.3, 0.4) is 0 Å². The number of nitrogens with zero attached hydrogens (tertiary/aromatic N) is 3. The summed E-state index contributed by atoms with van der Waals surface area (Å²) < 4.78 is 2.45. The Morgan fingerprint density at radius 2 is 0.917 bits per heavy atom. The number of para-hydroxylation sites is 3. The van der Waals surface area contributed by atoms with Gasteiger partial charge in [0.1, 0.15) is 0 Å². The first-order valence-electron chi connectivity index (χ1n) is 16.7. The van der Waals surface area contributed by atoms with E-state index >= 15 is 0 Å². The zero-order chi connectivity index (χ0) is 31.9. The van der Waals surface area contributed by atoms with Gasteiger partial charge in [-0.15, -0.1) is 0 Å². The van der Waals surface area contributed by atoms with E-state index in [4.69, 9.17) is 0 Å². The summed E-state index contributed by atoms with van der Waals surface area (Å²) in [5.41, 5.74) is 17.4. The molecule has 10 rings (SSSR count). The number of anilines is 6. The van der Waals surface area contributed by atoms with Crippen molar-refractivity contribution in [3.8, 4) is 5.69 Å². The van der Waals surface area contributed by atoms with Crippen molar-refractivity contribution in [1.29, 1.82) is 0 Å². The number of hydrogen-bond donors (Lipinski definition) is 0. The zero-order valence-corrected chi connectivity index (χ0v) is 26.9. The van der Waals surface area contributed by atoms with E-state index in [1.807, 2.05) is 0 Å². The molecule has 0 aliphatic carbocycles. The molecule has 7 aromatic carbocycles. The van der Waals surface area contributed by atoms with Gasteiger partial charge in [-0.2, -0.15) is 0 Å². The monoisotopic (exact) mass is 613 g/mol. The molecular weight excluding hydrogens is 581 g/mol. The van der Waals surface area contributed by atoms with Crippen LogP contribution in [0.5, 0.6) is 0 Å². The molecule has 3 nitrogen and oxygen atoms in total. The SMILES string of the molecule is Cc1ccc2c(c1)c1cc(C)ccc1n2-c1ccc2c(c1)N(c1ccccc1)c1cccc3c1B2c1ccccc1N3c1ccccc1. The van der Waals surface area contributed by atoms with Gasteiger partial charge >= 0.3 is 0 Å². The molecular formula is C44H32BN3. The Kier molecular flexibility index (Phi) is 5.80. The van der Waals surface area contributed by atoms with E-state index in [1.54, 1.807) is 0 Å². The number of hydrogen-bond acceptors (Lipinski definition) is 2. The predicted molar refractivity (Wildman–Crippen MR) is 204 cm³/mol. The third-order valence-corrected chi connectivity index (χ3v) is 10.2. The highest BCUT2D eigenvalue weighted by Gasteiger charge is 2.43. The molecule has 1 aromatic heterocycles. The third-order valence-electron chi connectivity index (χ3n) is 10.2. The van der Waals surface area contributed by atoms with E-state index in [0.29, 0.717) is 0 Å². The quantitative estimate of drug-likeness (QED) is 0.184. The third kappa shape index (κ3) is 3.83. The Balaban J connectivity index is 1.27. The van der Waals surface area contributed by atoms with Crippen LogP contribution in [0.2, 0.25) is 0 Å². The average Bonchev–Trinajstić information content (AvgIpc) is 3.44. The smallest absolute Gasteiger partial charge is 0.252 e. The molecule has 0 saturated carbocycles. The fourth-order valence-electron chi connectivity index (χ4n) is 8.25. The molecule has 48 heavy (non-hydrogen) atoms. The van der Waals surface area contributed by atoms with Crippen LogP contribution >= 0.6 is 0 Å². The van der Waals surface area contributed by atoms with Gasteiger partial charge in [0.2, 0.25) is 0 Å². The fraction of sp³-hybridized carbons (Fsp3) is 0.0455. The molecule has 226 valence electrons. The van der Waals surface area contributed by atoms with E-state index in [9.17, 15) is 0 Å². The van der Waals surface area contributed by atoms with Gasteiger partial charge in [-0.05, 0) is 109 Å². The number of aryl methyl sites for hydroxylation is 2. The van der Waals surface area contributed by atoms with Gasteiger partial charge in [0, 0.05) is 50.6 Å². The van der Waals surface area contributed by atoms with Crippen LogP contribution in [0.15, 0.2) is 158 Å². The molecule has 3 heterocycles. The van der Waals surface area contributed by atoms with Gasteiger partial charge in [-0.25, -0.2) is 0 Å². The van der Waals surface area contributed by atoms with Crippen LogP contribution in [-0.2, 0) is 0 Å². The minimum atomic E-state index is 0.0971. The van der Waals surface area contributed by atoms with Gasteiger partial charge in [0.25, 0.3) is 6.71 Å². The van der Waals surface area contributed by atoms with Crippen molar-refractivity contribution in [2.75, 3.05) is 9.80 Å². The molecule has 2 aliphatic rings. The van der Waals surface area contributed by atoms with E-state index in [2.05, 4.69) is 186 Å². The molecule has 2 aliphatic heterocycles. The number of fused-ring (bicyclic) bond motifs is 7. The van der Waals surface area contributed by atoms with Crippen LogP contribution < -0.4 is 26.2 Å². The maximum absolute atomic E-state index is 2.48. The van der Waals surface area contributed by atoms with E-state index < -0.39 is 0 Å². The molecule has 4 heteroatoms. The summed E-state index contributed by atoms with van der Waals surface area (Å²) in [6.45, 7) is 4.46. The minimum absolute atomic E-state index is 0.0971. The van der Waals surface area contributed by atoms with Gasteiger partial charge in [0.15, 0.2) is 0 Å². The first-order chi connectivity index (χ1) is 23.7. The highest BCUT2D eigenvalue weighted by Crippen LogP contribution is 2.44. The van der Waals surface area contributed by atoms with Crippen LogP contribution in [0, 0.1) is 13.8 Å². The van der Waals surface area contributed by atoms with Gasteiger partial charge in [-0.3, -0.25) is 0 Å². The Bertz CT molecular complexity index is 2490. The van der Waals surface area contributed by atoms with Crippen molar-refractivity contribution in [2.45, 2.75) is 13.8 Å². The molecule has 0 amide bonds. The lowest BCUT2D eigenvalue weighted by Gasteiger charge is -2.44. The molecule has 8 aromatic rings. The largest absolute Gasteiger partial charge is 0.311 e. The van der Waals surface area contributed by atoms with Gasteiger partial charge in [0.05, 0.1) is 11.0 Å². The standard InChI is InChI=1S/C44H32BN3/c1-29-20-24-38-34(26-29)35-27-30(2)21-25-39(35)48(38)33-22-23-37-43(28-33)47(32-14-7-4-8-15-32)42-19-11-18-41-44(42)45(37)36-16-9-10-17-40(36)46(41)31-12-5-3-6-13-31/h3-28H,1-2H3. The first-order valence-corrected chi connectivity index (χ1v) is 16.7. The van der Waals surface area contributed by atoms with E-state index in [0.717, 1.165) is 11.4 Å². The summed E-state index contributed by atoms with van der Waals surface area (Å²) in [6.07, 6.45) is 0. The number of benzene rings is 7. The van der Waals surface area contributed by atoms with E-state index in [1.165, 1.54) is 77.8 Å². The van der Waals surface area contributed by atoms with Crippen molar-refractivity contribution in [3.63, 3.8) is 0 Å². The average molecular weight is 614 g/mol. The van der Waals surface area contributed by atoms with Crippen LogP contribution in [0.25, 0.3) is 27.5 Å². The molecule has 0 saturated heterocycles. The van der Waals surface area contributed by atoms with Crippen LogP contribution in [0.4, 0.5) is 34.1 Å². The first kappa shape index (κ1) is 27.1. The summed E-state index contributed by atoms with van der Waals surface area (Å²) in [5.74, 6) is 0. The lowest BCUT2D eigenvalue weighted by Crippen LogP contribution is -2.61. The van der Waals surface area contributed by atoms with Crippen molar-refractivity contribution >= 4 is 79.0 Å². The highest BCUT2D eigenvalue weighted by atomic mass is 15.2. The molecule has 0 N–H and O–H groups in total. The summed E-state index contributed by atoms with van der Waals surface area (Å²) in [5, 5.41) is 2.59.